The number of hydrogen-bond donors (Lipinski definition) is 2. The lowest BCUT2D eigenvalue weighted by molar-refractivity contribution is 0.102. The van der Waals surface area contributed by atoms with Crippen molar-refractivity contribution < 1.29 is 9.18 Å². The van der Waals surface area contributed by atoms with Gasteiger partial charge in [-0.05, 0) is 46.3 Å². The van der Waals surface area contributed by atoms with E-state index in [2.05, 4.69) is 21.2 Å². The molecule has 3 nitrogen and oxygen atoms in total. The summed E-state index contributed by atoms with van der Waals surface area (Å²) in [6, 6.07) is 6.77. The van der Waals surface area contributed by atoms with Gasteiger partial charge in [0.05, 0.1) is 21.3 Å². The monoisotopic (exact) mass is 376 g/mol. The van der Waals surface area contributed by atoms with E-state index >= 15 is 0 Å². The van der Waals surface area contributed by atoms with Crippen molar-refractivity contribution in [3.8, 4) is 0 Å². The van der Waals surface area contributed by atoms with Crippen LogP contribution in [0.2, 0.25) is 10.0 Å². The number of benzene rings is 2. The zero-order valence-electron chi connectivity index (χ0n) is 9.88. The first-order chi connectivity index (χ1) is 9.40. The Hall–Kier alpha value is -1.30. The number of halogens is 4. The largest absolute Gasteiger partial charge is 0.398 e. The predicted molar refractivity (Wildman–Crippen MR) is 82.9 cm³/mol. The molecule has 0 fully saturated rings. The van der Waals surface area contributed by atoms with Crippen molar-refractivity contribution in [2.45, 2.75) is 0 Å². The predicted octanol–water partition coefficient (Wildman–Crippen LogP) is 4.73. The second-order valence-corrected chi connectivity index (χ2v) is 5.52. The summed E-state index contributed by atoms with van der Waals surface area (Å²) >= 11 is 15.2. The van der Waals surface area contributed by atoms with Crippen LogP contribution in [0, 0.1) is 5.82 Å². The van der Waals surface area contributed by atoms with Gasteiger partial charge >= 0.3 is 0 Å². The minimum absolute atomic E-state index is 0.0434. The molecule has 7 heteroatoms. The Morgan fingerprint density at radius 2 is 1.90 bits per heavy atom. The molecule has 0 saturated heterocycles. The fourth-order valence-corrected chi connectivity index (χ4v) is 2.37. The van der Waals surface area contributed by atoms with E-state index in [0.29, 0.717) is 10.2 Å². The minimum Gasteiger partial charge on any atom is -0.398 e. The van der Waals surface area contributed by atoms with E-state index < -0.39 is 11.7 Å². The molecule has 0 aliphatic carbocycles. The van der Waals surface area contributed by atoms with Crippen LogP contribution in [-0.4, -0.2) is 5.91 Å². The Labute approximate surface area is 133 Å². The third kappa shape index (κ3) is 3.06. The van der Waals surface area contributed by atoms with Crippen LogP contribution in [-0.2, 0) is 0 Å². The molecule has 0 saturated carbocycles. The number of anilines is 2. The fourth-order valence-electron chi connectivity index (χ4n) is 1.55. The van der Waals surface area contributed by atoms with Crippen LogP contribution in [0.3, 0.4) is 0 Å². The number of nitrogens with one attached hydrogen (secondary N) is 1. The summed E-state index contributed by atoms with van der Waals surface area (Å²) in [5.41, 5.74) is 6.14. The van der Waals surface area contributed by atoms with Crippen LogP contribution in [0.5, 0.6) is 0 Å². The zero-order chi connectivity index (χ0) is 14.9. The van der Waals surface area contributed by atoms with Gasteiger partial charge in [-0.15, -0.1) is 0 Å². The van der Waals surface area contributed by atoms with Crippen molar-refractivity contribution >= 4 is 56.4 Å². The van der Waals surface area contributed by atoms with Crippen molar-refractivity contribution in [2.75, 3.05) is 11.1 Å². The van der Waals surface area contributed by atoms with Gasteiger partial charge in [-0.1, -0.05) is 23.2 Å². The second-order valence-electron chi connectivity index (χ2n) is 3.91. The Morgan fingerprint density at radius 3 is 2.55 bits per heavy atom. The average molecular weight is 378 g/mol. The Kier molecular flexibility index (Phi) is 4.52. The molecule has 0 radical (unpaired) electrons. The summed E-state index contributed by atoms with van der Waals surface area (Å²) in [6.07, 6.45) is 0. The van der Waals surface area contributed by atoms with E-state index in [-0.39, 0.29) is 21.3 Å². The van der Waals surface area contributed by atoms with E-state index in [1.54, 1.807) is 12.1 Å². The first-order valence-electron chi connectivity index (χ1n) is 5.40. The molecule has 0 aliphatic heterocycles. The lowest BCUT2D eigenvalue weighted by Crippen LogP contribution is -2.14. The molecule has 0 bridgehead atoms. The van der Waals surface area contributed by atoms with Crippen molar-refractivity contribution in [3.63, 3.8) is 0 Å². The highest BCUT2D eigenvalue weighted by atomic mass is 79.9. The van der Waals surface area contributed by atoms with Crippen LogP contribution in [0.1, 0.15) is 10.4 Å². The fraction of sp³-hybridized carbons (Fsp3) is 0. The van der Waals surface area contributed by atoms with Gasteiger partial charge in [0, 0.05) is 10.2 Å². The lowest BCUT2D eigenvalue weighted by Gasteiger charge is -2.10. The molecule has 1 amide bonds. The third-order valence-electron chi connectivity index (χ3n) is 2.54. The van der Waals surface area contributed by atoms with Crippen molar-refractivity contribution in [1.29, 1.82) is 0 Å². The molecule has 2 aromatic rings. The standard InChI is InChI=1S/C13H8BrCl2FN2O/c14-8-3-4-10(12(16)11(8)15)19-13(20)7-2-1-6(17)5-9(7)18/h1-5H,18H2,(H,19,20). The summed E-state index contributed by atoms with van der Waals surface area (Å²) in [5, 5.41) is 3.07. The van der Waals surface area contributed by atoms with Crippen molar-refractivity contribution in [1.82, 2.24) is 0 Å². The van der Waals surface area contributed by atoms with E-state index in [9.17, 15) is 9.18 Å². The van der Waals surface area contributed by atoms with Crippen molar-refractivity contribution in [2.24, 2.45) is 0 Å². The Balaban J connectivity index is 2.30. The highest BCUT2D eigenvalue weighted by molar-refractivity contribution is 9.10. The summed E-state index contributed by atoms with van der Waals surface area (Å²) < 4.78 is 13.6. The summed E-state index contributed by atoms with van der Waals surface area (Å²) in [6.45, 7) is 0. The van der Waals surface area contributed by atoms with Gasteiger partial charge in [0.25, 0.3) is 5.91 Å². The van der Waals surface area contributed by atoms with E-state index in [4.69, 9.17) is 28.9 Å². The SMILES string of the molecule is Nc1cc(F)ccc1C(=O)Nc1ccc(Br)c(Cl)c1Cl. The number of carbonyl (C=O) groups excluding carboxylic acids is 1. The minimum atomic E-state index is -0.510. The van der Waals surface area contributed by atoms with Gasteiger partial charge < -0.3 is 11.1 Å². The first-order valence-corrected chi connectivity index (χ1v) is 6.95. The van der Waals surface area contributed by atoms with E-state index in [1.807, 2.05) is 0 Å². The maximum absolute atomic E-state index is 12.9. The van der Waals surface area contributed by atoms with Crippen LogP contribution < -0.4 is 11.1 Å². The molecule has 0 heterocycles. The topological polar surface area (TPSA) is 55.1 Å². The second kappa shape index (κ2) is 5.99. The highest BCUT2D eigenvalue weighted by Crippen LogP contribution is 2.36. The van der Waals surface area contributed by atoms with Crippen LogP contribution in [0.15, 0.2) is 34.8 Å². The Bertz CT molecular complexity index is 694. The average Bonchev–Trinajstić information content (AvgIpc) is 2.39. The maximum atomic E-state index is 12.9. The van der Waals surface area contributed by atoms with Crippen molar-refractivity contribution in [3.05, 3.63) is 56.2 Å². The number of amides is 1. The van der Waals surface area contributed by atoms with Gasteiger partial charge in [0.15, 0.2) is 0 Å². The van der Waals surface area contributed by atoms with Crippen LogP contribution in [0.4, 0.5) is 15.8 Å². The molecule has 104 valence electrons. The molecule has 0 unspecified atom stereocenters. The van der Waals surface area contributed by atoms with Gasteiger partial charge in [0.1, 0.15) is 5.82 Å². The number of hydrogen-bond acceptors (Lipinski definition) is 2. The number of rotatable bonds is 2. The molecule has 0 aliphatic rings. The molecule has 2 aromatic carbocycles. The molecule has 0 aromatic heterocycles. The molecule has 20 heavy (non-hydrogen) atoms. The molecular formula is C13H8BrCl2FN2O. The molecule has 3 N–H and O–H groups in total. The molecule has 0 spiro atoms. The molecule has 2 rings (SSSR count). The summed E-state index contributed by atoms with van der Waals surface area (Å²) in [4.78, 5) is 12.1. The Morgan fingerprint density at radius 1 is 1.20 bits per heavy atom. The normalized spacial score (nSPS) is 10.4. The molecule has 0 atom stereocenters. The third-order valence-corrected chi connectivity index (χ3v) is 4.31. The van der Waals surface area contributed by atoms with Crippen LogP contribution in [0.25, 0.3) is 0 Å². The van der Waals surface area contributed by atoms with Gasteiger partial charge in [-0.3, -0.25) is 4.79 Å². The summed E-state index contributed by atoms with van der Waals surface area (Å²) in [5.74, 6) is -1.01. The highest BCUT2D eigenvalue weighted by Gasteiger charge is 2.14. The zero-order valence-corrected chi connectivity index (χ0v) is 13.0. The number of carbonyl (C=O) groups is 1. The van der Waals surface area contributed by atoms with Gasteiger partial charge in [-0.25, -0.2) is 4.39 Å². The van der Waals surface area contributed by atoms with E-state index in [0.717, 1.165) is 12.1 Å². The smallest absolute Gasteiger partial charge is 0.257 e. The number of nitrogens with two attached hydrogens (primary N) is 1. The lowest BCUT2D eigenvalue weighted by atomic mass is 10.1. The molecular weight excluding hydrogens is 370 g/mol. The summed E-state index contributed by atoms with van der Waals surface area (Å²) in [7, 11) is 0. The van der Waals surface area contributed by atoms with Gasteiger partial charge in [-0.2, -0.15) is 0 Å². The van der Waals surface area contributed by atoms with Crippen LogP contribution >= 0.6 is 39.1 Å². The quantitative estimate of drug-likeness (QED) is 0.587. The first kappa shape index (κ1) is 15.1. The van der Waals surface area contributed by atoms with Gasteiger partial charge in [0.2, 0.25) is 0 Å². The van der Waals surface area contributed by atoms with E-state index in [1.165, 1.54) is 6.07 Å². The maximum Gasteiger partial charge on any atom is 0.257 e. The number of nitrogen functional groups attached to an aromatic ring is 1.